The van der Waals surface area contributed by atoms with Gasteiger partial charge in [0.2, 0.25) is 0 Å². The number of hydrogen-bond acceptors (Lipinski definition) is 3. The van der Waals surface area contributed by atoms with E-state index in [2.05, 4.69) is 5.32 Å². The molecule has 0 aliphatic carbocycles. The Hall–Kier alpha value is -1.75. The van der Waals surface area contributed by atoms with Crippen molar-refractivity contribution in [1.82, 2.24) is 5.32 Å². The minimum Gasteiger partial charge on any atom is -0.481 e. The van der Waals surface area contributed by atoms with E-state index < -0.39 is 23.5 Å². The molecule has 0 saturated carbocycles. The Bertz CT molecular complexity index is 502. The second-order valence-corrected chi connectivity index (χ2v) is 5.54. The lowest BCUT2D eigenvalue weighted by Gasteiger charge is -2.26. The Labute approximate surface area is 122 Å². The average Bonchev–Trinajstić information content (AvgIpc) is 2.29. The van der Waals surface area contributed by atoms with Crippen LogP contribution in [0.3, 0.4) is 0 Å². The van der Waals surface area contributed by atoms with Gasteiger partial charge in [0.15, 0.2) is 6.10 Å². The maximum atomic E-state index is 12.0. The molecule has 1 amide bonds. The lowest BCUT2D eigenvalue weighted by atomic mass is 10.0. The summed E-state index contributed by atoms with van der Waals surface area (Å²) in [5.74, 6) is -0.959. The molecule has 0 fully saturated rings. The fraction of sp³-hybridized carbons (Fsp3) is 0.429. The molecular weight excluding hydrogens is 282 g/mol. The number of nitrogens with one attached hydrogen (secondary N) is 1. The molecule has 0 spiro atoms. The third-order valence-electron chi connectivity index (χ3n) is 2.56. The van der Waals surface area contributed by atoms with Crippen LogP contribution >= 0.6 is 11.6 Å². The van der Waals surface area contributed by atoms with E-state index in [4.69, 9.17) is 21.4 Å². The van der Waals surface area contributed by atoms with Gasteiger partial charge in [-0.1, -0.05) is 23.7 Å². The summed E-state index contributed by atoms with van der Waals surface area (Å²) >= 11 is 5.94. The molecule has 1 aromatic carbocycles. The van der Waals surface area contributed by atoms with Gasteiger partial charge in [-0.3, -0.25) is 9.59 Å². The Balaban J connectivity index is 2.64. The number of ether oxygens (including phenoxy) is 1. The molecule has 0 aromatic heterocycles. The lowest BCUT2D eigenvalue weighted by Crippen LogP contribution is -2.49. The molecule has 0 heterocycles. The van der Waals surface area contributed by atoms with Gasteiger partial charge < -0.3 is 15.2 Å². The fourth-order valence-electron chi connectivity index (χ4n) is 1.64. The Morgan fingerprint density at radius 1 is 1.40 bits per heavy atom. The highest BCUT2D eigenvalue weighted by atomic mass is 35.5. The third kappa shape index (κ3) is 5.09. The van der Waals surface area contributed by atoms with E-state index in [0.29, 0.717) is 10.8 Å². The first-order chi connectivity index (χ1) is 9.21. The molecule has 0 aliphatic rings. The summed E-state index contributed by atoms with van der Waals surface area (Å²) in [6, 6.07) is 6.83. The zero-order chi connectivity index (χ0) is 15.3. The summed E-state index contributed by atoms with van der Waals surface area (Å²) in [7, 11) is 0. The molecule has 20 heavy (non-hydrogen) atoms. The van der Waals surface area contributed by atoms with Gasteiger partial charge in [-0.15, -0.1) is 0 Å². The van der Waals surface area contributed by atoms with Crippen molar-refractivity contribution in [3.8, 4) is 5.75 Å². The van der Waals surface area contributed by atoms with Crippen molar-refractivity contribution in [2.75, 3.05) is 0 Å². The molecule has 1 rings (SSSR count). The molecular formula is C14H18ClNO4. The number of carbonyl (C=O) groups is 2. The highest BCUT2D eigenvalue weighted by Crippen LogP contribution is 2.24. The summed E-state index contributed by atoms with van der Waals surface area (Å²) < 4.78 is 5.47. The Morgan fingerprint density at radius 3 is 2.55 bits per heavy atom. The number of carbonyl (C=O) groups excluding carboxylic acids is 1. The van der Waals surface area contributed by atoms with Crippen LogP contribution in [-0.4, -0.2) is 28.6 Å². The molecule has 5 nitrogen and oxygen atoms in total. The molecule has 1 unspecified atom stereocenters. The van der Waals surface area contributed by atoms with Gasteiger partial charge in [0.05, 0.1) is 11.4 Å². The number of carboxylic acids is 1. The van der Waals surface area contributed by atoms with Crippen molar-refractivity contribution in [3.63, 3.8) is 0 Å². The smallest absolute Gasteiger partial charge is 0.305 e. The number of amides is 1. The van der Waals surface area contributed by atoms with Crippen LogP contribution in [0.4, 0.5) is 0 Å². The summed E-state index contributed by atoms with van der Waals surface area (Å²) in [5.41, 5.74) is -0.846. The molecule has 6 heteroatoms. The van der Waals surface area contributed by atoms with E-state index in [1.807, 2.05) is 0 Å². The highest BCUT2D eigenvalue weighted by molar-refractivity contribution is 6.32. The topological polar surface area (TPSA) is 75.6 Å². The van der Waals surface area contributed by atoms with E-state index in [0.717, 1.165) is 0 Å². The van der Waals surface area contributed by atoms with Crippen LogP contribution in [0.5, 0.6) is 5.75 Å². The standard InChI is InChI=1S/C14H18ClNO4/c1-9(20-11-7-5-4-6-10(11)15)13(19)16-14(2,3)8-12(17)18/h4-7,9H,8H2,1-3H3,(H,16,19)(H,17,18). The van der Waals surface area contributed by atoms with Crippen molar-refractivity contribution in [2.45, 2.75) is 38.8 Å². The molecule has 110 valence electrons. The highest BCUT2D eigenvalue weighted by Gasteiger charge is 2.27. The number of hydrogen-bond donors (Lipinski definition) is 2. The first-order valence-electron chi connectivity index (χ1n) is 6.16. The third-order valence-corrected chi connectivity index (χ3v) is 2.88. The quantitative estimate of drug-likeness (QED) is 0.846. The number of para-hydroxylation sites is 1. The maximum Gasteiger partial charge on any atom is 0.305 e. The van der Waals surface area contributed by atoms with E-state index in [1.54, 1.807) is 45.0 Å². The van der Waals surface area contributed by atoms with Gasteiger partial charge in [0, 0.05) is 5.54 Å². The SMILES string of the molecule is CC(Oc1ccccc1Cl)C(=O)NC(C)(C)CC(=O)O. The number of benzene rings is 1. The molecule has 0 bridgehead atoms. The van der Waals surface area contributed by atoms with Gasteiger partial charge in [0.25, 0.3) is 5.91 Å². The lowest BCUT2D eigenvalue weighted by molar-refractivity contribution is -0.139. The number of halogens is 1. The predicted molar refractivity (Wildman–Crippen MR) is 76.0 cm³/mol. The van der Waals surface area contributed by atoms with Gasteiger partial charge in [0.1, 0.15) is 5.75 Å². The number of aliphatic carboxylic acids is 1. The second-order valence-electron chi connectivity index (χ2n) is 5.13. The molecule has 0 radical (unpaired) electrons. The molecule has 1 atom stereocenters. The Morgan fingerprint density at radius 2 is 2.00 bits per heavy atom. The van der Waals surface area contributed by atoms with Crippen LogP contribution in [0.1, 0.15) is 27.2 Å². The van der Waals surface area contributed by atoms with Gasteiger partial charge in [-0.05, 0) is 32.9 Å². The van der Waals surface area contributed by atoms with Crippen LogP contribution in [0.2, 0.25) is 5.02 Å². The average molecular weight is 300 g/mol. The Kier molecular flexibility index (Phi) is 5.39. The minimum absolute atomic E-state index is 0.169. The van der Waals surface area contributed by atoms with Crippen molar-refractivity contribution in [1.29, 1.82) is 0 Å². The fourth-order valence-corrected chi connectivity index (χ4v) is 1.82. The van der Waals surface area contributed by atoms with E-state index >= 15 is 0 Å². The first kappa shape index (κ1) is 16.3. The van der Waals surface area contributed by atoms with Crippen LogP contribution in [-0.2, 0) is 9.59 Å². The first-order valence-corrected chi connectivity index (χ1v) is 6.54. The van der Waals surface area contributed by atoms with Crippen LogP contribution in [0.25, 0.3) is 0 Å². The maximum absolute atomic E-state index is 12.0. The summed E-state index contributed by atoms with van der Waals surface area (Å²) in [5, 5.41) is 11.8. The number of rotatable bonds is 6. The van der Waals surface area contributed by atoms with Crippen molar-refractivity contribution in [2.24, 2.45) is 0 Å². The minimum atomic E-state index is -0.977. The van der Waals surface area contributed by atoms with Crippen molar-refractivity contribution >= 4 is 23.5 Å². The second kappa shape index (κ2) is 6.61. The number of carboxylic acid groups (broad SMARTS) is 1. The normalized spacial score (nSPS) is 12.6. The van der Waals surface area contributed by atoms with E-state index in [1.165, 1.54) is 0 Å². The molecule has 2 N–H and O–H groups in total. The largest absolute Gasteiger partial charge is 0.481 e. The zero-order valence-electron chi connectivity index (χ0n) is 11.6. The van der Waals surface area contributed by atoms with Crippen LogP contribution < -0.4 is 10.1 Å². The molecule has 0 aliphatic heterocycles. The van der Waals surface area contributed by atoms with Gasteiger partial charge in [-0.25, -0.2) is 0 Å². The van der Waals surface area contributed by atoms with E-state index in [9.17, 15) is 9.59 Å². The zero-order valence-corrected chi connectivity index (χ0v) is 12.4. The van der Waals surface area contributed by atoms with Gasteiger partial charge in [-0.2, -0.15) is 0 Å². The van der Waals surface area contributed by atoms with Crippen molar-refractivity contribution in [3.05, 3.63) is 29.3 Å². The summed E-state index contributed by atoms with van der Waals surface area (Å²) in [4.78, 5) is 22.7. The molecule has 0 saturated heterocycles. The summed E-state index contributed by atoms with van der Waals surface area (Å²) in [6.45, 7) is 4.86. The van der Waals surface area contributed by atoms with Gasteiger partial charge >= 0.3 is 5.97 Å². The summed E-state index contributed by atoms with van der Waals surface area (Å²) in [6.07, 6.45) is -0.944. The molecule has 1 aromatic rings. The van der Waals surface area contributed by atoms with E-state index in [-0.39, 0.29) is 6.42 Å². The predicted octanol–water partition coefficient (Wildman–Crippen LogP) is 2.48. The van der Waals surface area contributed by atoms with Crippen LogP contribution in [0.15, 0.2) is 24.3 Å². The van der Waals surface area contributed by atoms with Crippen LogP contribution in [0, 0.1) is 0 Å². The van der Waals surface area contributed by atoms with Crippen molar-refractivity contribution < 1.29 is 19.4 Å². The monoisotopic (exact) mass is 299 g/mol.